The van der Waals surface area contributed by atoms with Crippen LogP contribution in [0.5, 0.6) is 0 Å². The predicted octanol–water partition coefficient (Wildman–Crippen LogP) is 3.38. The lowest BCUT2D eigenvalue weighted by molar-refractivity contribution is -0.144. The van der Waals surface area contributed by atoms with Crippen molar-refractivity contribution in [2.75, 3.05) is 5.75 Å². The molecule has 4 rings (SSSR count). The first-order valence-corrected chi connectivity index (χ1v) is 12.0. The fourth-order valence-electron chi connectivity index (χ4n) is 4.35. The third-order valence-electron chi connectivity index (χ3n) is 5.76. The number of aliphatic hydroxyl groups is 1. The first-order valence-electron chi connectivity index (χ1n) is 10.4. The zero-order valence-corrected chi connectivity index (χ0v) is 19.0. The fourth-order valence-corrected chi connectivity index (χ4v) is 6.15. The molecule has 0 unspecified atom stereocenters. The van der Waals surface area contributed by atoms with E-state index in [1.54, 1.807) is 18.2 Å². The van der Waals surface area contributed by atoms with Gasteiger partial charge in [-0.3, -0.25) is 9.36 Å². The van der Waals surface area contributed by atoms with E-state index in [0.29, 0.717) is 18.4 Å². The molecule has 1 aromatic carbocycles. The van der Waals surface area contributed by atoms with Gasteiger partial charge in [0.05, 0.1) is 18.9 Å². The van der Waals surface area contributed by atoms with Crippen molar-refractivity contribution in [3.05, 3.63) is 64.2 Å². The van der Waals surface area contributed by atoms with Crippen LogP contribution in [0.15, 0.2) is 35.5 Å². The number of aromatic nitrogens is 4. The molecule has 0 amide bonds. The van der Waals surface area contributed by atoms with E-state index in [1.807, 2.05) is 0 Å². The Bertz CT molecular complexity index is 1360. The van der Waals surface area contributed by atoms with E-state index in [9.17, 15) is 39.9 Å². The fraction of sp³-hybridized carbons (Fsp3) is 0.429. The van der Waals surface area contributed by atoms with Crippen molar-refractivity contribution < 1.29 is 39.9 Å². The van der Waals surface area contributed by atoms with Gasteiger partial charge in [0, 0.05) is 25.0 Å². The minimum Gasteiger partial charge on any atom is -0.392 e. The Kier molecular flexibility index (Phi) is 6.24. The lowest BCUT2D eigenvalue weighted by atomic mass is 10.1. The number of hydrogen-bond acceptors (Lipinski definition) is 5. The Labute approximate surface area is 195 Å². The van der Waals surface area contributed by atoms with E-state index in [-0.39, 0.29) is 12.1 Å². The normalized spacial score (nSPS) is 16.6. The third-order valence-corrected chi connectivity index (χ3v) is 7.64. The van der Waals surface area contributed by atoms with Crippen LogP contribution in [0.3, 0.4) is 0 Å². The number of alkyl halides is 6. The number of benzene rings is 1. The molecule has 0 aliphatic heterocycles. The van der Waals surface area contributed by atoms with Crippen LogP contribution in [0, 0.1) is 5.92 Å². The third kappa shape index (κ3) is 5.22. The van der Waals surface area contributed by atoms with Crippen LogP contribution < -0.4 is 0 Å². The van der Waals surface area contributed by atoms with E-state index >= 15 is 0 Å². The molecule has 0 saturated heterocycles. The van der Waals surface area contributed by atoms with Crippen LogP contribution in [-0.2, 0) is 55.2 Å². The predicted molar refractivity (Wildman–Crippen MR) is 110 cm³/mol. The zero-order valence-electron chi connectivity index (χ0n) is 18.2. The van der Waals surface area contributed by atoms with Gasteiger partial charge >= 0.3 is 12.4 Å². The standard InChI is InChI=1S/C21H20F6N4O3S/c1-30-9-17(19(28-30)21(25,26)27)35(33,34)11-13-5-14-3-2-12(4-15(14)6-13)7-31-8-16(10-32)18(29-31)20(22,23)24/h2-4,8-9,13,32H,5-7,10-11H2,1H3/t13-/m0/s1. The molecule has 3 aromatic rings. The molecule has 2 aromatic heterocycles. The van der Waals surface area contributed by atoms with Gasteiger partial charge in [-0.2, -0.15) is 36.5 Å². The van der Waals surface area contributed by atoms with Gasteiger partial charge < -0.3 is 5.11 Å². The molecule has 0 radical (unpaired) electrons. The highest BCUT2D eigenvalue weighted by Crippen LogP contribution is 2.36. The number of aliphatic hydroxyl groups excluding tert-OH is 1. The smallest absolute Gasteiger partial charge is 0.392 e. The van der Waals surface area contributed by atoms with Crippen molar-refractivity contribution in [2.24, 2.45) is 13.0 Å². The van der Waals surface area contributed by atoms with Gasteiger partial charge in [-0.25, -0.2) is 8.42 Å². The molecule has 190 valence electrons. The van der Waals surface area contributed by atoms with Crippen molar-refractivity contribution in [3.8, 4) is 0 Å². The van der Waals surface area contributed by atoms with E-state index in [1.165, 1.54) is 7.05 Å². The SMILES string of the molecule is Cn1cc(S(=O)(=O)C[C@H]2Cc3ccc(Cn4cc(CO)c(C(F)(F)F)n4)cc3C2)c(C(F)(F)F)n1. The number of nitrogens with zero attached hydrogens (tertiary/aromatic N) is 4. The molecule has 0 spiro atoms. The Morgan fingerprint density at radius 3 is 2.26 bits per heavy atom. The van der Waals surface area contributed by atoms with Crippen LogP contribution in [0.25, 0.3) is 0 Å². The van der Waals surface area contributed by atoms with Gasteiger partial charge in [-0.15, -0.1) is 0 Å². The van der Waals surface area contributed by atoms with Gasteiger partial charge in [-0.05, 0) is 35.4 Å². The maximum Gasteiger partial charge on any atom is 0.436 e. The van der Waals surface area contributed by atoms with Gasteiger partial charge in [0.2, 0.25) is 0 Å². The minimum absolute atomic E-state index is 0.00997. The minimum atomic E-state index is -4.91. The second kappa shape index (κ2) is 8.66. The average Bonchev–Trinajstić information content (AvgIpc) is 3.42. The van der Waals surface area contributed by atoms with Gasteiger partial charge in [0.25, 0.3) is 0 Å². The summed E-state index contributed by atoms with van der Waals surface area (Å²) in [4.78, 5) is -0.858. The van der Waals surface area contributed by atoms with Crippen LogP contribution in [-0.4, -0.2) is 38.8 Å². The maximum atomic E-state index is 13.2. The van der Waals surface area contributed by atoms with Crippen molar-refractivity contribution >= 4 is 9.84 Å². The Hall–Kier alpha value is -2.87. The number of rotatable bonds is 6. The number of halogens is 6. The van der Waals surface area contributed by atoms with Crippen molar-refractivity contribution in [2.45, 2.75) is 43.2 Å². The molecule has 1 aliphatic carbocycles. The molecule has 1 N–H and O–H groups in total. The summed E-state index contributed by atoms with van der Waals surface area (Å²) in [6.45, 7) is -0.827. The topological polar surface area (TPSA) is 90.0 Å². The Morgan fingerprint density at radius 2 is 1.66 bits per heavy atom. The molecule has 1 aliphatic rings. The molecule has 1 atom stereocenters. The molecule has 14 heteroatoms. The number of aryl methyl sites for hydroxylation is 1. The second-order valence-electron chi connectivity index (χ2n) is 8.53. The highest BCUT2D eigenvalue weighted by atomic mass is 32.2. The molecule has 0 saturated carbocycles. The summed E-state index contributed by atoms with van der Waals surface area (Å²) in [6.07, 6.45) is -7.04. The first kappa shape index (κ1) is 25.2. The summed E-state index contributed by atoms with van der Waals surface area (Å²) >= 11 is 0. The lowest BCUT2D eigenvalue weighted by Crippen LogP contribution is -2.20. The molecular formula is C21H20F6N4O3S. The van der Waals surface area contributed by atoms with Crippen molar-refractivity contribution in [3.63, 3.8) is 0 Å². The van der Waals surface area contributed by atoms with Crippen LogP contribution in [0.4, 0.5) is 26.3 Å². The Balaban J connectivity index is 1.50. The quantitative estimate of drug-likeness (QED) is 0.502. The highest BCUT2D eigenvalue weighted by Gasteiger charge is 2.42. The Morgan fingerprint density at radius 1 is 1.00 bits per heavy atom. The van der Waals surface area contributed by atoms with Crippen molar-refractivity contribution in [1.29, 1.82) is 0 Å². The summed E-state index contributed by atoms with van der Waals surface area (Å²) in [7, 11) is -3.07. The average molecular weight is 522 g/mol. The van der Waals surface area contributed by atoms with E-state index in [2.05, 4.69) is 10.2 Å². The summed E-state index contributed by atoms with van der Waals surface area (Å²) in [5, 5.41) is 16.0. The number of sulfone groups is 1. The van der Waals surface area contributed by atoms with Gasteiger partial charge in [0.1, 0.15) is 4.90 Å². The van der Waals surface area contributed by atoms with Crippen LogP contribution in [0.2, 0.25) is 0 Å². The number of hydrogen-bond donors (Lipinski definition) is 1. The molecule has 35 heavy (non-hydrogen) atoms. The lowest BCUT2D eigenvalue weighted by Gasteiger charge is -2.11. The largest absolute Gasteiger partial charge is 0.436 e. The van der Waals surface area contributed by atoms with E-state index in [4.69, 9.17) is 0 Å². The molecule has 2 heterocycles. The molecule has 0 bridgehead atoms. The van der Waals surface area contributed by atoms with Crippen LogP contribution in [0.1, 0.15) is 33.6 Å². The maximum absolute atomic E-state index is 13.2. The van der Waals surface area contributed by atoms with Gasteiger partial charge in [0.15, 0.2) is 21.2 Å². The van der Waals surface area contributed by atoms with Crippen LogP contribution >= 0.6 is 0 Å². The first-order chi connectivity index (χ1) is 16.2. The summed E-state index contributed by atoms with van der Waals surface area (Å²) in [6, 6.07) is 5.12. The zero-order chi connectivity index (χ0) is 25.8. The molecule has 0 fully saturated rings. The number of fused-ring (bicyclic) bond motifs is 1. The molecule has 7 nitrogen and oxygen atoms in total. The van der Waals surface area contributed by atoms with E-state index < -0.39 is 56.8 Å². The summed E-state index contributed by atoms with van der Waals surface area (Å²) in [5.74, 6) is -0.964. The molecular weight excluding hydrogens is 502 g/mol. The van der Waals surface area contributed by atoms with Gasteiger partial charge in [-0.1, -0.05) is 18.2 Å². The van der Waals surface area contributed by atoms with E-state index in [0.717, 1.165) is 32.9 Å². The van der Waals surface area contributed by atoms with Crippen molar-refractivity contribution in [1.82, 2.24) is 19.6 Å². The second-order valence-corrected chi connectivity index (χ2v) is 10.5. The highest BCUT2D eigenvalue weighted by molar-refractivity contribution is 7.91. The summed E-state index contributed by atoms with van der Waals surface area (Å²) < 4.78 is 106. The monoisotopic (exact) mass is 522 g/mol. The summed E-state index contributed by atoms with van der Waals surface area (Å²) in [5.41, 5.74) is -0.756.